The Balaban J connectivity index is 2.00. The van der Waals surface area contributed by atoms with Crippen molar-refractivity contribution >= 4 is 6.09 Å². The molecule has 5 nitrogen and oxygen atoms in total. The van der Waals surface area contributed by atoms with E-state index in [0.29, 0.717) is 25.7 Å². The van der Waals surface area contributed by atoms with Crippen molar-refractivity contribution in [1.82, 2.24) is 10.6 Å². The highest BCUT2D eigenvalue weighted by Gasteiger charge is 2.13. The molecule has 1 unspecified atom stereocenters. The van der Waals surface area contributed by atoms with Crippen LogP contribution in [-0.4, -0.2) is 46.1 Å². The Morgan fingerprint density at radius 1 is 1.53 bits per heavy atom. The molecule has 88 valence electrons. The largest absolute Gasteiger partial charge is 0.447 e. The van der Waals surface area contributed by atoms with Gasteiger partial charge in [-0.15, -0.1) is 0 Å². The van der Waals surface area contributed by atoms with E-state index >= 15 is 0 Å². The van der Waals surface area contributed by atoms with E-state index < -0.39 is 0 Å². The van der Waals surface area contributed by atoms with Gasteiger partial charge in [0.1, 0.15) is 6.61 Å². The summed E-state index contributed by atoms with van der Waals surface area (Å²) in [6, 6.07) is 0. The van der Waals surface area contributed by atoms with Gasteiger partial charge in [0, 0.05) is 13.7 Å². The lowest BCUT2D eigenvalue weighted by Crippen LogP contribution is -2.38. The van der Waals surface area contributed by atoms with E-state index in [1.54, 1.807) is 7.11 Å². The average molecular weight is 216 g/mol. The summed E-state index contributed by atoms with van der Waals surface area (Å²) in [5.74, 6) is 0.536. The number of amides is 1. The summed E-state index contributed by atoms with van der Waals surface area (Å²) in [6.45, 7) is 3.52. The first-order valence-corrected chi connectivity index (χ1v) is 5.43. The molecule has 1 heterocycles. The fourth-order valence-electron chi connectivity index (χ4n) is 1.59. The number of methoxy groups -OCH3 is 1. The van der Waals surface area contributed by atoms with Crippen LogP contribution < -0.4 is 10.6 Å². The molecule has 1 rings (SSSR count). The molecule has 1 aliphatic rings. The van der Waals surface area contributed by atoms with Crippen molar-refractivity contribution in [2.24, 2.45) is 5.92 Å². The number of hydrogen-bond donors (Lipinski definition) is 2. The Labute approximate surface area is 90.5 Å². The standard InChI is InChI=1S/C10H20N2O3/c1-14-5-6-15-10(13)12-8-9-3-2-4-11-7-9/h9,11H,2-8H2,1H3,(H,12,13). The minimum Gasteiger partial charge on any atom is -0.447 e. The molecule has 1 amide bonds. The van der Waals surface area contributed by atoms with Gasteiger partial charge in [-0.25, -0.2) is 4.79 Å². The molecule has 15 heavy (non-hydrogen) atoms. The van der Waals surface area contributed by atoms with Crippen LogP contribution in [0.25, 0.3) is 0 Å². The van der Waals surface area contributed by atoms with Crippen LogP contribution in [0.4, 0.5) is 4.79 Å². The van der Waals surface area contributed by atoms with Gasteiger partial charge in [-0.3, -0.25) is 0 Å². The SMILES string of the molecule is COCCOC(=O)NCC1CCCNC1. The molecule has 0 radical (unpaired) electrons. The van der Waals surface area contributed by atoms with Gasteiger partial charge >= 0.3 is 6.09 Å². The Morgan fingerprint density at radius 2 is 2.40 bits per heavy atom. The van der Waals surface area contributed by atoms with Crippen molar-refractivity contribution in [3.05, 3.63) is 0 Å². The molecular weight excluding hydrogens is 196 g/mol. The maximum absolute atomic E-state index is 11.2. The zero-order valence-electron chi connectivity index (χ0n) is 9.25. The lowest BCUT2D eigenvalue weighted by molar-refractivity contribution is 0.0975. The van der Waals surface area contributed by atoms with E-state index in [0.717, 1.165) is 13.1 Å². The van der Waals surface area contributed by atoms with E-state index in [1.165, 1.54) is 12.8 Å². The van der Waals surface area contributed by atoms with Crippen LogP contribution in [0.15, 0.2) is 0 Å². The molecule has 0 aromatic carbocycles. The topological polar surface area (TPSA) is 59.6 Å². The molecule has 2 N–H and O–H groups in total. The molecule has 0 aromatic rings. The second-order valence-corrected chi connectivity index (χ2v) is 3.72. The van der Waals surface area contributed by atoms with Crippen LogP contribution in [-0.2, 0) is 9.47 Å². The highest BCUT2D eigenvalue weighted by atomic mass is 16.6. The second kappa shape index (κ2) is 7.48. The molecule has 1 fully saturated rings. The van der Waals surface area contributed by atoms with Crippen LogP contribution >= 0.6 is 0 Å². The fourth-order valence-corrected chi connectivity index (χ4v) is 1.59. The minimum atomic E-state index is -0.349. The van der Waals surface area contributed by atoms with E-state index in [1.807, 2.05) is 0 Å². The number of nitrogens with one attached hydrogen (secondary N) is 2. The van der Waals surface area contributed by atoms with E-state index in [4.69, 9.17) is 9.47 Å². The van der Waals surface area contributed by atoms with Crippen molar-refractivity contribution < 1.29 is 14.3 Å². The number of hydrogen-bond acceptors (Lipinski definition) is 4. The van der Waals surface area contributed by atoms with Crippen molar-refractivity contribution in [3.63, 3.8) is 0 Å². The predicted molar refractivity (Wildman–Crippen MR) is 56.8 cm³/mol. The highest BCUT2D eigenvalue weighted by molar-refractivity contribution is 5.67. The molecule has 1 aliphatic heterocycles. The van der Waals surface area contributed by atoms with Gasteiger partial charge in [-0.05, 0) is 31.8 Å². The predicted octanol–water partition coefficient (Wildman–Crippen LogP) is 0.359. The van der Waals surface area contributed by atoms with Crippen LogP contribution in [0.2, 0.25) is 0 Å². The second-order valence-electron chi connectivity index (χ2n) is 3.72. The first-order chi connectivity index (χ1) is 7.33. The normalized spacial score (nSPS) is 21.0. The molecule has 0 saturated carbocycles. The molecule has 0 bridgehead atoms. The van der Waals surface area contributed by atoms with Gasteiger partial charge in [-0.1, -0.05) is 0 Å². The Hall–Kier alpha value is -0.810. The quantitative estimate of drug-likeness (QED) is 0.651. The smallest absolute Gasteiger partial charge is 0.407 e. The summed E-state index contributed by atoms with van der Waals surface area (Å²) in [5.41, 5.74) is 0. The lowest BCUT2D eigenvalue weighted by atomic mass is 10.00. The maximum atomic E-state index is 11.2. The van der Waals surface area contributed by atoms with Gasteiger partial charge in [0.25, 0.3) is 0 Å². The van der Waals surface area contributed by atoms with Crippen LogP contribution in [0, 0.1) is 5.92 Å². The van der Waals surface area contributed by atoms with E-state index in [-0.39, 0.29) is 6.09 Å². The lowest BCUT2D eigenvalue weighted by Gasteiger charge is -2.22. The van der Waals surface area contributed by atoms with Crippen molar-refractivity contribution in [3.8, 4) is 0 Å². The summed E-state index contributed by atoms with van der Waals surface area (Å²) >= 11 is 0. The van der Waals surface area contributed by atoms with E-state index in [2.05, 4.69) is 10.6 Å². The zero-order chi connectivity index (χ0) is 10.9. The summed E-state index contributed by atoms with van der Waals surface area (Å²) in [4.78, 5) is 11.2. The third-order valence-electron chi connectivity index (χ3n) is 2.45. The highest BCUT2D eigenvalue weighted by Crippen LogP contribution is 2.07. The number of alkyl carbamates (subject to hydrolysis) is 1. The van der Waals surface area contributed by atoms with Gasteiger partial charge in [0.2, 0.25) is 0 Å². The van der Waals surface area contributed by atoms with Gasteiger partial charge in [-0.2, -0.15) is 0 Å². The first-order valence-electron chi connectivity index (χ1n) is 5.43. The summed E-state index contributed by atoms with van der Waals surface area (Å²) in [6.07, 6.45) is 2.01. The molecule has 1 saturated heterocycles. The molecule has 5 heteroatoms. The molecular formula is C10H20N2O3. The minimum absolute atomic E-state index is 0.311. The number of carbonyl (C=O) groups excluding carboxylic acids is 1. The fraction of sp³-hybridized carbons (Fsp3) is 0.900. The maximum Gasteiger partial charge on any atom is 0.407 e. The van der Waals surface area contributed by atoms with Crippen molar-refractivity contribution in [1.29, 1.82) is 0 Å². The van der Waals surface area contributed by atoms with Crippen LogP contribution in [0.3, 0.4) is 0 Å². The zero-order valence-corrected chi connectivity index (χ0v) is 9.25. The summed E-state index contributed by atoms with van der Waals surface area (Å²) in [7, 11) is 1.58. The van der Waals surface area contributed by atoms with Crippen molar-refractivity contribution in [2.45, 2.75) is 12.8 Å². The Morgan fingerprint density at radius 3 is 3.07 bits per heavy atom. The molecule has 0 aromatic heterocycles. The monoisotopic (exact) mass is 216 g/mol. The van der Waals surface area contributed by atoms with Crippen molar-refractivity contribution in [2.75, 3.05) is 40.0 Å². The number of rotatable bonds is 5. The summed E-state index contributed by atoms with van der Waals surface area (Å²) < 4.78 is 9.65. The Kier molecular flexibility index (Phi) is 6.11. The number of carbonyl (C=O) groups is 1. The third-order valence-corrected chi connectivity index (χ3v) is 2.45. The first kappa shape index (κ1) is 12.3. The molecule has 0 aliphatic carbocycles. The summed E-state index contributed by atoms with van der Waals surface area (Å²) in [5, 5.41) is 6.05. The van der Waals surface area contributed by atoms with Gasteiger partial charge < -0.3 is 20.1 Å². The van der Waals surface area contributed by atoms with Crippen LogP contribution in [0.1, 0.15) is 12.8 Å². The Bertz CT molecular complexity index is 182. The van der Waals surface area contributed by atoms with Gasteiger partial charge in [0.15, 0.2) is 0 Å². The number of piperidine rings is 1. The molecule has 0 spiro atoms. The van der Waals surface area contributed by atoms with Gasteiger partial charge in [0.05, 0.1) is 6.61 Å². The van der Waals surface area contributed by atoms with E-state index in [9.17, 15) is 4.79 Å². The molecule has 1 atom stereocenters. The number of ether oxygens (including phenoxy) is 2. The third kappa shape index (κ3) is 5.59. The van der Waals surface area contributed by atoms with Crippen LogP contribution in [0.5, 0.6) is 0 Å². The average Bonchev–Trinajstić information content (AvgIpc) is 2.28.